The van der Waals surface area contributed by atoms with Gasteiger partial charge in [0.05, 0.1) is 5.39 Å². The molecule has 2 N–H and O–H groups in total. The van der Waals surface area contributed by atoms with E-state index >= 15 is 0 Å². The van der Waals surface area contributed by atoms with Crippen molar-refractivity contribution in [3.8, 4) is 0 Å². The molecule has 1 aromatic heterocycles. The van der Waals surface area contributed by atoms with Gasteiger partial charge in [0.2, 0.25) is 0 Å². The van der Waals surface area contributed by atoms with Crippen LogP contribution in [0, 0.1) is 5.92 Å². The highest BCUT2D eigenvalue weighted by Crippen LogP contribution is 2.14. The summed E-state index contributed by atoms with van der Waals surface area (Å²) in [4.78, 5) is 36.5. The Hall–Kier alpha value is -2.70. The number of fused-ring (bicyclic) bond motifs is 1. The Labute approximate surface area is 145 Å². The third kappa shape index (κ3) is 4.23. The van der Waals surface area contributed by atoms with Gasteiger partial charge in [-0.2, -0.15) is 5.10 Å². The number of nitrogens with zero attached hydrogens (tertiary/aromatic N) is 2. The second kappa shape index (κ2) is 7.92. The molecule has 134 valence electrons. The Balaban J connectivity index is 2.52. The van der Waals surface area contributed by atoms with E-state index in [9.17, 15) is 19.5 Å². The van der Waals surface area contributed by atoms with E-state index in [0.717, 1.165) is 0 Å². The fraction of sp³-hybridized carbons (Fsp3) is 0.444. The maximum atomic E-state index is 12.6. The Morgan fingerprint density at radius 3 is 2.44 bits per heavy atom. The first-order chi connectivity index (χ1) is 11.8. The smallest absolute Gasteiger partial charge is 0.326 e. The molecule has 7 heteroatoms. The number of aromatic nitrogens is 2. The van der Waals surface area contributed by atoms with Crippen LogP contribution in [0.3, 0.4) is 0 Å². The maximum Gasteiger partial charge on any atom is 0.326 e. The minimum Gasteiger partial charge on any atom is -0.480 e. The molecule has 1 aromatic carbocycles. The number of benzene rings is 1. The molecule has 25 heavy (non-hydrogen) atoms. The van der Waals surface area contributed by atoms with Gasteiger partial charge in [-0.05, 0) is 18.4 Å². The summed E-state index contributed by atoms with van der Waals surface area (Å²) in [6, 6.07) is 5.75. The molecule has 0 saturated heterocycles. The highest BCUT2D eigenvalue weighted by molar-refractivity contribution is 6.05. The van der Waals surface area contributed by atoms with E-state index in [1.165, 1.54) is 4.68 Å². The van der Waals surface area contributed by atoms with E-state index in [4.69, 9.17) is 0 Å². The van der Waals surface area contributed by atoms with Crippen molar-refractivity contribution >= 4 is 22.6 Å². The number of nitrogens with one attached hydrogen (secondary N) is 1. The van der Waals surface area contributed by atoms with Gasteiger partial charge in [0, 0.05) is 11.9 Å². The molecule has 0 aliphatic carbocycles. The number of rotatable bonds is 7. The molecule has 1 amide bonds. The van der Waals surface area contributed by atoms with Gasteiger partial charge in [-0.1, -0.05) is 45.4 Å². The minimum absolute atomic E-state index is 0.0678. The average molecular weight is 345 g/mol. The third-order valence-corrected chi connectivity index (χ3v) is 3.80. The molecule has 0 saturated carbocycles. The Morgan fingerprint density at radius 2 is 1.88 bits per heavy atom. The van der Waals surface area contributed by atoms with Crippen LogP contribution in [0.2, 0.25) is 0 Å². The summed E-state index contributed by atoms with van der Waals surface area (Å²) in [5.41, 5.74) is -0.192. The molecule has 1 atom stereocenters. The van der Waals surface area contributed by atoms with Crippen LogP contribution in [-0.2, 0) is 11.3 Å². The van der Waals surface area contributed by atoms with Crippen LogP contribution < -0.4 is 10.9 Å². The van der Waals surface area contributed by atoms with Gasteiger partial charge >= 0.3 is 5.97 Å². The van der Waals surface area contributed by atoms with Crippen molar-refractivity contribution in [3.63, 3.8) is 0 Å². The second-order valence-corrected chi connectivity index (χ2v) is 6.43. The fourth-order valence-corrected chi connectivity index (χ4v) is 2.65. The number of hydrogen-bond donors (Lipinski definition) is 2. The number of carboxylic acid groups (broad SMARTS) is 1. The molecule has 0 spiro atoms. The second-order valence-electron chi connectivity index (χ2n) is 6.43. The van der Waals surface area contributed by atoms with Gasteiger partial charge in [-0.3, -0.25) is 9.59 Å². The summed E-state index contributed by atoms with van der Waals surface area (Å²) in [7, 11) is 0. The maximum absolute atomic E-state index is 12.6. The van der Waals surface area contributed by atoms with Crippen molar-refractivity contribution in [2.45, 2.75) is 46.2 Å². The van der Waals surface area contributed by atoms with Gasteiger partial charge in [-0.15, -0.1) is 0 Å². The first-order valence-corrected chi connectivity index (χ1v) is 8.38. The summed E-state index contributed by atoms with van der Waals surface area (Å²) >= 11 is 0. The van der Waals surface area contributed by atoms with Crippen LogP contribution in [0.15, 0.2) is 29.1 Å². The van der Waals surface area contributed by atoms with Crippen LogP contribution >= 0.6 is 0 Å². The predicted octanol–water partition coefficient (Wildman–Crippen LogP) is 2.04. The highest BCUT2D eigenvalue weighted by Gasteiger charge is 2.23. The molecule has 0 fully saturated rings. The monoisotopic (exact) mass is 345 g/mol. The molecule has 0 aliphatic rings. The average Bonchev–Trinajstić information content (AvgIpc) is 2.56. The molecular weight excluding hydrogens is 322 g/mol. The topological polar surface area (TPSA) is 101 Å². The molecule has 2 aromatic rings. The number of hydrogen-bond acceptors (Lipinski definition) is 4. The Kier molecular flexibility index (Phi) is 5.90. The SMILES string of the molecule is CCCC(NC(=O)c1nn(CC(C)C)c(=O)c2ccccc12)C(=O)O. The quantitative estimate of drug-likeness (QED) is 0.799. The van der Waals surface area contributed by atoms with Crippen molar-refractivity contribution in [1.29, 1.82) is 0 Å². The van der Waals surface area contributed by atoms with Crippen molar-refractivity contribution in [2.75, 3.05) is 0 Å². The minimum atomic E-state index is -1.09. The van der Waals surface area contributed by atoms with Gasteiger partial charge in [-0.25, -0.2) is 9.48 Å². The first kappa shape index (κ1) is 18.6. The van der Waals surface area contributed by atoms with Crippen LogP contribution in [-0.4, -0.2) is 32.8 Å². The van der Waals surface area contributed by atoms with Gasteiger partial charge in [0.25, 0.3) is 11.5 Å². The van der Waals surface area contributed by atoms with Gasteiger partial charge < -0.3 is 10.4 Å². The number of carbonyl (C=O) groups excluding carboxylic acids is 1. The lowest BCUT2D eigenvalue weighted by atomic mass is 10.1. The van der Waals surface area contributed by atoms with Crippen molar-refractivity contribution in [3.05, 3.63) is 40.3 Å². The zero-order chi connectivity index (χ0) is 18.6. The van der Waals surface area contributed by atoms with E-state index in [1.807, 2.05) is 20.8 Å². The molecule has 0 radical (unpaired) electrons. The van der Waals surface area contributed by atoms with E-state index in [-0.39, 0.29) is 17.2 Å². The zero-order valence-electron chi connectivity index (χ0n) is 14.7. The summed E-state index contributed by atoms with van der Waals surface area (Å²) in [5, 5.41) is 16.8. The van der Waals surface area contributed by atoms with E-state index < -0.39 is 17.9 Å². The van der Waals surface area contributed by atoms with Crippen molar-refractivity contribution < 1.29 is 14.7 Å². The number of carboxylic acids is 1. The lowest BCUT2D eigenvalue weighted by Gasteiger charge is -2.16. The Bertz CT molecular complexity index is 842. The van der Waals surface area contributed by atoms with Crippen LogP contribution in [0.25, 0.3) is 10.8 Å². The van der Waals surface area contributed by atoms with Crippen LogP contribution in [0.4, 0.5) is 0 Å². The Morgan fingerprint density at radius 1 is 1.24 bits per heavy atom. The van der Waals surface area contributed by atoms with E-state index in [1.54, 1.807) is 24.3 Å². The summed E-state index contributed by atoms with van der Waals surface area (Å²) in [6.07, 6.45) is 0.947. The van der Waals surface area contributed by atoms with E-state index in [2.05, 4.69) is 10.4 Å². The van der Waals surface area contributed by atoms with Gasteiger partial charge in [0.15, 0.2) is 5.69 Å². The fourth-order valence-electron chi connectivity index (χ4n) is 2.65. The lowest BCUT2D eigenvalue weighted by molar-refractivity contribution is -0.139. The standard InChI is InChI=1S/C18H23N3O4/c1-4-7-14(18(24)25)19-16(22)15-12-8-5-6-9-13(12)17(23)21(20-15)10-11(2)3/h5-6,8-9,11,14H,4,7,10H2,1-3H3,(H,19,22)(H,24,25). The summed E-state index contributed by atoms with van der Waals surface area (Å²) in [6.45, 7) is 6.12. The normalized spacial score (nSPS) is 12.3. The molecule has 0 bridgehead atoms. The summed E-state index contributed by atoms with van der Waals surface area (Å²) in [5.74, 6) is -1.50. The molecule has 1 unspecified atom stereocenters. The van der Waals surface area contributed by atoms with E-state index in [0.29, 0.717) is 30.2 Å². The molecule has 7 nitrogen and oxygen atoms in total. The largest absolute Gasteiger partial charge is 0.480 e. The first-order valence-electron chi connectivity index (χ1n) is 8.38. The highest BCUT2D eigenvalue weighted by atomic mass is 16.4. The summed E-state index contributed by atoms with van der Waals surface area (Å²) < 4.78 is 1.28. The molecule has 1 heterocycles. The van der Waals surface area contributed by atoms with Crippen LogP contribution in [0.1, 0.15) is 44.1 Å². The van der Waals surface area contributed by atoms with Gasteiger partial charge in [0.1, 0.15) is 6.04 Å². The van der Waals surface area contributed by atoms with Crippen molar-refractivity contribution in [2.24, 2.45) is 5.92 Å². The molecule has 2 rings (SSSR count). The van der Waals surface area contributed by atoms with Crippen LogP contribution in [0.5, 0.6) is 0 Å². The number of amides is 1. The molecule has 0 aliphatic heterocycles. The third-order valence-electron chi connectivity index (χ3n) is 3.80. The number of carbonyl (C=O) groups is 2. The number of aliphatic carboxylic acids is 1. The van der Waals surface area contributed by atoms with Crippen molar-refractivity contribution in [1.82, 2.24) is 15.1 Å². The predicted molar refractivity (Wildman–Crippen MR) is 94.6 cm³/mol. The molecular formula is C18H23N3O4. The zero-order valence-corrected chi connectivity index (χ0v) is 14.7. The lowest BCUT2D eigenvalue weighted by Crippen LogP contribution is -2.42.